The molecule has 0 aliphatic heterocycles. The van der Waals surface area contributed by atoms with Crippen molar-refractivity contribution in [2.24, 2.45) is 11.7 Å². The van der Waals surface area contributed by atoms with Crippen molar-refractivity contribution in [3.8, 4) is 0 Å². The summed E-state index contributed by atoms with van der Waals surface area (Å²) in [6, 6.07) is 8.09. The smallest absolute Gasteiger partial charge is 0.140 e. The fourth-order valence-electron chi connectivity index (χ4n) is 1.61. The normalized spacial score (nSPS) is 12.5. The van der Waals surface area contributed by atoms with E-state index in [1.807, 2.05) is 32.0 Å². The zero-order chi connectivity index (χ0) is 11.3. The Bertz CT molecular complexity index is 333. The zero-order valence-electron chi connectivity index (χ0n) is 9.49. The number of benzene rings is 1. The Kier molecular flexibility index (Phi) is 4.50. The Morgan fingerprint density at radius 3 is 2.80 bits per heavy atom. The van der Waals surface area contributed by atoms with E-state index in [4.69, 9.17) is 5.73 Å². The summed E-state index contributed by atoms with van der Waals surface area (Å²) in [6.07, 6.45) is 1.31. The van der Waals surface area contributed by atoms with Crippen molar-refractivity contribution in [2.45, 2.75) is 26.7 Å². The van der Waals surface area contributed by atoms with Crippen LogP contribution in [0, 0.1) is 12.8 Å². The second-order valence-electron chi connectivity index (χ2n) is 4.11. The van der Waals surface area contributed by atoms with Gasteiger partial charge >= 0.3 is 0 Å². The van der Waals surface area contributed by atoms with Crippen LogP contribution in [0.2, 0.25) is 0 Å². The average molecular weight is 205 g/mol. The summed E-state index contributed by atoms with van der Waals surface area (Å²) in [5.74, 6) is 0.363. The largest absolute Gasteiger partial charge is 0.330 e. The first-order chi connectivity index (χ1) is 7.13. The van der Waals surface area contributed by atoms with Gasteiger partial charge in [-0.2, -0.15) is 0 Å². The van der Waals surface area contributed by atoms with E-state index in [9.17, 15) is 4.79 Å². The summed E-state index contributed by atoms with van der Waals surface area (Å²) < 4.78 is 0. The van der Waals surface area contributed by atoms with Gasteiger partial charge in [-0.3, -0.25) is 4.79 Å². The number of rotatable bonds is 5. The first kappa shape index (κ1) is 11.9. The zero-order valence-corrected chi connectivity index (χ0v) is 9.49. The maximum Gasteiger partial charge on any atom is 0.140 e. The molecule has 82 valence electrons. The molecule has 0 bridgehead atoms. The topological polar surface area (TPSA) is 43.1 Å². The number of nitrogens with two attached hydrogens (primary N) is 1. The van der Waals surface area contributed by atoms with E-state index < -0.39 is 0 Å². The molecular formula is C13H19NO. The van der Waals surface area contributed by atoms with Gasteiger partial charge in [0.1, 0.15) is 5.78 Å². The van der Waals surface area contributed by atoms with Crippen molar-refractivity contribution >= 4 is 5.78 Å². The molecule has 2 nitrogen and oxygen atoms in total. The molecule has 15 heavy (non-hydrogen) atoms. The van der Waals surface area contributed by atoms with E-state index in [0.29, 0.717) is 13.0 Å². The molecule has 1 atom stereocenters. The lowest BCUT2D eigenvalue weighted by Gasteiger charge is -2.08. The molecule has 0 spiro atoms. The number of aryl methyl sites for hydroxylation is 1. The molecule has 0 saturated heterocycles. The molecule has 1 aromatic carbocycles. The van der Waals surface area contributed by atoms with E-state index >= 15 is 0 Å². The molecule has 1 aromatic rings. The first-order valence-electron chi connectivity index (χ1n) is 5.42. The third-order valence-corrected chi connectivity index (χ3v) is 2.61. The van der Waals surface area contributed by atoms with E-state index in [1.54, 1.807) is 0 Å². The minimum absolute atomic E-state index is 0.0792. The highest BCUT2D eigenvalue weighted by molar-refractivity contribution is 5.82. The summed E-state index contributed by atoms with van der Waals surface area (Å²) in [7, 11) is 0. The highest BCUT2D eigenvalue weighted by Crippen LogP contribution is 2.10. The third kappa shape index (κ3) is 3.84. The van der Waals surface area contributed by atoms with Crippen LogP contribution < -0.4 is 5.73 Å². The molecule has 0 fully saturated rings. The molecule has 0 aliphatic rings. The number of carbonyl (C=O) groups excluding carboxylic acids is 1. The van der Waals surface area contributed by atoms with Gasteiger partial charge in [0.05, 0.1) is 0 Å². The summed E-state index contributed by atoms with van der Waals surface area (Å²) >= 11 is 0. The van der Waals surface area contributed by atoms with Crippen molar-refractivity contribution < 1.29 is 4.79 Å². The van der Waals surface area contributed by atoms with E-state index in [-0.39, 0.29) is 11.7 Å². The second kappa shape index (κ2) is 5.66. The summed E-state index contributed by atoms with van der Waals surface area (Å²) in [5.41, 5.74) is 7.73. The molecule has 0 aromatic heterocycles. The summed E-state index contributed by atoms with van der Waals surface area (Å²) in [6.45, 7) is 4.57. The second-order valence-corrected chi connectivity index (χ2v) is 4.11. The van der Waals surface area contributed by atoms with Crippen LogP contribution >= 0.6 is 0 Å². The van der Waals surface area contributed by atoms with Crippen LogP contribution in [-0.4, -0.2) is 12.3 Å². The van der Waals surface area contributed by atoms with Crippen LogP contribution in [0.3, 0.4) is 0 Å². The molecule has 1 unspecified atom stereocenters. The Morgan fingerprint density at radius 2 is 2.20 bits per heavy atom. The summed E-state index contributed by atoms with van der Waals surface area (Å²) in [4.78, 5) is 11.8. The van der Waals surface area contributed by atoms with Gasteiger partial charge in [-0.25, -0.2) is 0 Å². The van der Waals surface area contributed by atoms with E-state index in [2.05, 4.69) is 6.07 Å². The Hall–Kier alpha value is -1.15. The van der Waals surface area contributed by atoms with Crippen molar-refractivity contribution in [3.63, 3.8) is 0 Å². The van der Waals surface area contributed by atoms with Gasteiger partial charge in [0.15, 0.2) is 0 Å². The number of ketones is 1. The van der Waals surface area contributed by atoms with Crippen LogP contribution in [0.15, 0.2) is 24.3 Å². The highest BCUT2D eigenvalue weighted by Gasteiger charge is 2.12. The molecule has 2 heteroatoms. The quantitative estimate of drug-likeness (QED) is 0.800. The van der Waals surface area contributed by atoms with Crippen molar-refractivity contribution in [3.05, 3.63) is 35.4 Å². The maximum atomic E-state index is 11.8. The van der Waals surface area contributed by atoms with Crippen LogP contribution in [-0.2, 0) is 11.2 Å². The van der Waals surface area contributed by atoms with Crippen molar-refractivity contribution in [1.82, 2.24) is 0 Å². The number of hydrogen-bond acceptors (Lipinski definition) is 2. The van der Waals surface area contributed by atoms with Gasteiger partial charge in [0.2, 0.25) is 0 Å². The van der Waals surface area contributed by atoms with Crippen LogP contribution in [0.25, 0.3) is 0 Å². The predicted molar refractivity (Wildman–Crippen MR) is 62.7 cm³/mol. The standard InChI is InChI=1S/C13H19NO/c1-10-4-3-5-12(8-10)9-13(15)11(2)6-7-14/h3-5,8,11H,6-7,9,14H2,1-2H3. The van der Waals surface area contributed by atoms with Crippen LogP contribution in [0.5, 0.6) is 0 Å². The van der Waals surface area contributed by atoms with E-state index in [1.165, 1.54) is 5.56 Å². The molecule has 2 N–H and O–H groups in total. The first-order valence-corrected chi connectivity index (χ1v) is 5.42. The van der Waals surface area contributed by atoms with Crippen molar-refractivity contribution in [1.29, 1.82) is 0 Å². The van der Waals surface area contributed by atoms with Crippen LogP contribution in [0.1, 0.15) is 24.5 Å². The van der Waals surface area contributed by atoms with Gasteiger partial charge in [0.25, 0.3) is 0 Å². The van der Waals surface area contributed by atoms with Gasteiger partial charge in [0, 0.05) is 12.3 Å². The Labute approximate surface area is 91.5 Å². The van der Waals surface area contributed by atoms with Gasteiger partial charge in [-0.1, -0.05) is 36.8 Å². The number of Topliss-reactive ketones (excluding diaryl/α,β-unsaturated/α-hetero) is 1. The lowest BCUT2D eigenvalue weighted by molar-refractivity contribution is -0.121. The Balaban J connectivity index is 2.58. The lowest BCUT2D eigenvalue weighted by atomic mass is 9.96. The van der Waals surface area contributed by atoms with Crippen LogP contribution in [0.4, 0.5) is 0 Å². The highest BCUT2D eigenvalue weighted by atomic mass is 16.1. The van der Waals surface area contributed by atoms with Gasteiger partial charge < -0.3 is 5.73 Å². The molecule has 0 radical (unpaired) electrons. The fraction of sp³-hybridized carbons (Fsp3) is 0.462. The van der Waals surface area contributed by atoms with Gasteiger partial charge in [-0.05, 0) is 25.5 Å². The third-order valence-electron chi connectivity index (χ3n) is 2.61. The van der Waals surface area contributed by atoms with E-state index in [0.717, 1.165) is 12.0 Å². The monoisotopic (exact) mass is 205 g/mol. The maximum absolute atomic E-state index is 11.8. The minimum atomic E-state index is 0.0792. The molecule has 0 heterocycles. The predicted octanol–water partition coefficient (Wildman–Crippen LogP) is 2.09. The lowest BCUT2D eigenvalue weighted by Crippen LogP contribution is -2.17. The minimum Gasteiger partial charge on any atom is -0.330 e. The molecule has 1 rings (SSSR count). The average Bonchev–Trinajstić information content (AvgIpc) is 2.18. The summed E-state index contributed by atoms with van der Waals surface area (Å²) in [5, 5.41) is 0. The molecule has 0 amide bonds. The van der Waals surface area contributed by atoms with Crippen molar-refractivity contribution in [2.75, 3.05) is 6.54 Å². The number of hydrogen-bond donors (Lipinski definition) is 1. The fourth-order valence-corrected chi connectivity index (χ4v) is 1.61. The number of carbonyl (C=O) groups is 1. The molecule has 0 saturated carbocycles. The van der Waals surface area contributed by atoms with Gasteiger partial charge in [-0.15, -0.1) is 0 Å². The molecular weight excluding hydrogens is 186 g/mol. The molecule has 0 aliphatic carbocycles. The Morgan fingerprint density at radius 1 is 1.47 bits per heavy atom. The SMILES string of the molecule is Cc1cccc(CC(=O)C(C)CCN)c1.